The zero-order chi connectivity index (χ0) is 20.7. The maximum absolute atomic E-state index is 6.91. The summed E-state index contributed by atoms with van der Waals surface area (Å²) < 4.78 is 17.8. The van der Waals surface area contributed by atoms with Crippen LogP contribution in [-0.2, 0) is 29.7 Å². The van der Waals surface area contributed by atoms with E-state index < -0.39 is 35.2 Å². The van der Waals surface area contributed by atoms with E-state index in [-0.39, 0.29) is 5.54 Å². The first-order chi connectivity index (χ1) is 13.0. The van der Waals surface area contributed by atoms with Crippen LogP contribution in [0, 0.1) is 0 Å². The minimum absolute atomic E-state index is 0.0385. The van der Waals surface area contributed by atoms with Crippen LogP contribution in [0.1, 0.15) is 35.5 Å². The van der Waals surface area contributed by atoms with Crippen molar-refractivity contribution in [2.75, 3.05) is 7.11 Å². The molecule has 6 heteroatoms. The van der Waals surface area contributed by atoms with Crippen LogP contribution in [-0.4, -0.2) is 26.7 Å². The molecule has 151 valence electrons. The third kappa shape index (κ3) is 4.68. The summed E-state index contributed by atoms with van der Waals surface area (Å²) in [4.78, 5) is 0. The van der Waals surface area contributed by atoms with Crippen molar-refractivity contribution in [3.05, 3.63) is 59.7 Å². The van der Waals surface area contributed by atoms with Gasteiger partial charge in [-0.1, -0.05) is 0 Å². The Hall–Kier alpha value is -0.363. The number of nitrogens with one attached hydrogen (secondary N) is 1. The van der Waals surface area contributed by atoms with Crippen LogP contribution in [0.5, 0.6) is 0 Å². The first-order valence-corrected chi connectivity index (χ1v) is 22.1. The molecule has 1 atom stereocenters. The van der Waals surface area contributed by atoms with E-state index in [9.17, 15) is 0 Å². The van der Waals surface area contributed by atoms with E-state index in [4.69, 9.17) is 8.54 Å². The van der Waals surface area contributed by atoms with E-state index in [1.54, 1.807) is 0 Å². The Labute approximate surface area is 180 Å². The Bertz CT molecular complexity index is 801. The summed E-state index contributed by atoms with van der Waals surface area (Å²) in [6, 6.07) is 17.9. The van der Waals surface area contributed by atoms with Crippen molar-refractivity contribution in [2.24, 2.45) is 0 Å². The molecular formula is C22H34NO2Si2Zr. The molecule has 0 saturated heterocycles. The third-order valence-electron chi connectivity index (χ3n) is 5.01. The predicted molar refractivity (Wildman–Crippen MR) is 120 cm³/mol. The normalized spacial score (nSPS) is 16.4. The molecule has 0 spiro atoms. The second kappa shape index (κ2) is 8.05. The molecule has 3 rings (SSSR count). The van der Waals surface area contributed by atoms with Gasteiger partial charge in [-0.15, -0.1) is 0 Å². The van der Waals surface area contributed by atoms with Gasteiger partial charge >= 0.3 is 181 Å². The van der Waals surface area contributed by atoms with E-state index in [0.29, 0.717) is 3.63 Å². The predicted octanol–water partition coefficient (Wildman–Crippen LogP) is 5.74. The van der Waals surface area contributed by atoms with Crippen LogP contribution < -0.4 is 3.26 Å². The van der Waals surface area contributed by atoms with Crippen LogP contribution in [0.15, 0.2) is 48.5 Å². The van der Waals surface area contributed by atoms with Crippen molar-refractivity contribution in [3.8, 4) is 11.1 Å². The van der Waals surface area contributed by atoms with E-state index >= 15 is 0 Å². The van der Waals surface area contributed by atoms with Gasteiger partial charge in [-0.25, -0.2) is 0 Å². The van der Waals surface area contributed by atoms with Crippen LogP contribution in [0.4, 0.5) is 0 Å². The second-order valence-electron chi connectivity index (χ2n) is 9.76. The minimum atomic E-state index is -2.50. The molecule has 1 aliphatic carbocycles. The Morgan fingerprint density at radius 3 is 1.71 bits per heavy atom. The van der Waals surface area contributed by atoms with E-state index in [0.717, 1.165) is 0 Å². The molecule has 2 aromatic carbocycles. The molecule has 0 aliphatic heterocycles. The quantitative estimate of drug-likeness (QED) is 0.522. The van der Waals surface area contributed by atoms with Gasteiger partial charge in [-0.05, 0) is 0 Å². The summed E-state index contributed by atoms with van der Waals surface area (Å²) in [5.74, 6) is 0. The van der Waals surface area contributed by atoms with Crippen molar-refractivity contribution in [3.63, 3.8) is 0 Å². The average molecular weight is 492 g/mol. The van der Waals surface area contributed by atoms with Crippen molar-refractivity contribution in [1.82, 2.24) is 3.26 Å². The van der Waals surface area contributed by atoms with Gasteiger partial charge in [0.2, 0.25) is 0 Å². The van der Waals surface area contributed by atoms with E-state index in [1.807, 2.05) is 7.11 Å². The summed E-state index contributed by atoms with van der Waals surface area (Å²) >= 11 is -2.50. The van der Waals surface area contributed by atoms with Crippen molar-refractivity contribution in [1.29, 1.82) is 0 Å². The summed E-state index contributed by atoms with van der Waals surface area (Å²) in [7, 11) is 0.139. The molecule has 28 heavy (non-hydrogen) atoms. The molecule has 1 unspecified atom stereocenters. The van der Waals surface area contributed by atoms with Gasteiger partial charge in [-0.3, -0.25) is 0 Å². The number of hydrogen-bond acceptors (Lipinski definition) is 3. The Morgan fingerprint density at radius 2 is 1.32 bits per heavy atom. The van der Waals surface area contributed by atoms with Crippen LogP contribution in [0.25, 0.3) is 11.1 Å². The summed E-state index contributed by atoms with van der Waals surface area (Å²) in [6.07, 6.45) is 0. The molecule has 0 aromatic heterocycles. The zero-order valence-electron chi connectivity index (χ0n) is 18.5. The number of fused-ring (bicyclic) bond motifs is 3. The Morgan fingerprint density at radius 1 is 0.857 bits per heavy atom. The van der Waals surface area contributed by atoms with Gasteiger partial charge in [0.1, 0.15) is 0 Å². The maximum atomic E-state index is 6.91. The van der Waals surface area contributed by atoms with Crippen LogP contribution >= 0.6 is 0 Å². The Balaban J connectivity index is 2.18. The molecule has 0 saturated carbocycles. The van der Waals surface area contributed by atoms with Gasteiger partial charge in [0.05, 0.1) is 0 Å². The SMILES string of the molecule is CO[Si](C)(O[Si](C)(C)C)[Zr]([NH]C(C)(C)C)[CH]1c2ccccc2-c2ccccc21. The fraction of sp³-hybridized carbons (Fsp3) is 0.455. The topological polar surface area (TPSA) is 30.5 Å². The molecule has 0 bridgehead atoms. The zero-order valence-corrected chi connectivity index (χ0v) is 23.0. The van der Waals surface area contributed by atoms with Crippen molar-refractivity contribution >= 4 is 14.0 Å². The molecule has 0 radical (unpaired) electrons. The van der Waals surface area contributed by atoms with Crippen molar-refractivity contribution < 1.29 is 29.7 Å². The van der Waals surface area contributed by atoms with Gasteiger partial charge < -0.3 is 0 Å². The monoisotopic (exact) mass is 490 g/mol. The Kier molecular flexibility index (Phi) is 6.42. The first-order valence-electron chi connectivity index (χ1n) is 10.0. The molecule has 0 fully saturated rings. The molecular weight excluding hydrogens is 458 g/mol. The summed E-state index contributed by atoms with van der Waals surface area (Å²) in [5.41, 5.74) is 3.38. The molecule has 1 N–H and O–H groups in total. The van der Waals surface area contributed by atoms with Crippen LogP contribution in [0.3, 0.4) is 0 Å². The van der Waals surface area contributed by atoms with Crippen molar-refractivity contribution in [2.45, 2.75) is 56.1 Å². The molecule has 0 heterocycles. The molecule has 3 nitrogen and oxygen atoms in total. The molecule has 2 aromatic rings. The standard InChI is InChI=1S/C13H9.C5H15O2Si2.C4H10N.Zr/c1-3-7-12-10(5-1)9-11-6-2-4-8-13(11)12;1-6-8(2)7-9(3,4)5;1-4(2,3)5;/h1-9H;1-5H3;5H,1-3H3;/q;;-1;+1. The summed E-state index contributed by atoms with van der Waals surface area (Å²) in [6.45, 7) is 16.0. The number of rotatable bonds is 6. The number of hydrogen-bond donors (Lipinski definition) is 1. The van der Waals surface area contributed by atoms with Crippen LogP contribution in [0.2, 0.25) is 26.2 Å². The van der Waals surface area contributed by atoms with Gasteiger partial charge in [0.15, 0.2) is 0 Å². The first kappa shape index (κ1) is 22.3. The summed E-state index contributed by atoms with van der Waals surface area (Å²) in [5, 5.41) is 0. The third-order valence-corrected chi connectivity index (χ3v) is 29.7. The van der Waals surface area contributed by atoms with Gasteiger partial charge in [0.25, 0.3) is 0 Å². The molecule has 0 amide bonds. The fourth-order valence-electron chi connectivity index (χ4n) is 4.11. The fourth-order valence-corrected chi connectivity index (χ4v) is 36.1. The van der Waals surface area contributed by atoms with E-state index in [2.05, 4.69) is 98.8 Å². The van der Waals surface area contributed by atoms with E-state index in [1.165, 1.54) is 22.3 Å². The average Bonchev–Trinajstić information content (AvgIpc) is 2.92. The number of benzene rings is 2. The van der Waals surface area contributed by atoms with Gasteiger partial charge in [-0.2, -0.15) is 0 Å². The molecule has 1 aliphatic rings. The van der Waals surface area contributed by atoms with Gasteiger partial charge in [0, 0.05) is 0 Å². The second-order valence-corrected chi connectivity index (χ2v) is 31.1.